The van der Waals surface area contributed by atoms with Crippen LogP contribution in [0, 0.1) is 11.8 Å². The van der Waals surface area contributed by atoms with E-state index in [2.05, 4.69) is 16.0 Å². The first kappa shape index (κ1) is 15.6. The Morgan fingerprint density at radius 2 is 2.17 bits per heavy atom. The minimum Gasteiger partial charge on any atom is -0.377 e. The summed E-state index contributed by atoms with van der Waals surface area (Å²) in [5, 5.41) is 0. The zero-order valence-corrected chi connectivity index (χ0v) is 14.0. The summed E-state index contributed by atoms with van der Waals surface area (Å²) in [5.74, 6) is 1.76. The first-order valence-electron chi connectivity index (χ1n) is 9.14. The fraction of sp³-hybridized carbons (Fsp3) is 0.737. The van der Waals surface area contributed by atoms with Crippen LogP contribution in [0.15, 0.2) is 24.5 Å². The molecule has 4 rings (SSSR count). The van der Waals surface area contributed by atoms with E-state index in [0.717, 1.165) is 50.1 Å². The molecular formula is C19H28N2O2. The maximum Gasteiger partial charge on any atom is 0.0937 e. The van der Waals surface area contributed by atoms with Gasteiger partial charge in [0.15, 0.2) is 0 Å². The van der Waals surface area contributed by atoms with Gasteiger partial charge in [-0.1, -0.05) is 6.07 Å². The SMILES string of the molecule is c1cncc(COCC[C@@H]2CCOC3(C2)CN(CC2CC2)C3)c1. The molecule has 3 aliphatic rings. The lowest BCUT2D eigenvalue weighted by molar-refractivity contribution is -0.180. The van der Waals surface area contributed by atoms with Gasteiger partial charge in [0.05, 0.1) is 12.2 Å². The lowest BCUT2D eigenvalue weighted by Crippen LogP contribution is -2.65. The molecule has 4 nitrogen and oxygen atoms in total. The third-order valence-corrected chi connectivity index (χ3v) is 5.49. The van der Waals surface area contributed by atoms with Crippen LogP contribution in [0.25, 0.3) is 0 Å². The largest absolute Gasteiger partial charge is 0.377 e. The second-order valence-electron chi connectivity index (χ2n) is 7.71. The highest BCUT2D eigenvalue weighted by molar-refractivity contribution is 5.06. The number of hydrogen-bond donors (Lipinski definition) is 0. The molecule has 1 atom stereocenters. The average molecular weight is 316 g/mol. The molecule has 1 aromatic heterocycles. The fourth-order valence-corrected chi connectivity index (χ4v) is 4.08. The predicted octanol–water partition coefficient (Wildman–Crippen LogP) is 2.88. The van der Waals surface area contributed by atoms with Crippen LogP contribution < -0.4 is 0 Å². The van der Waals surface area contributed by atoms with Crippen LogP contribution in [0.3, 0.4) is 0 Å². The summed E-state index contributed by atoms with van der Waals surface area (Å²) >= 11 is 0. The van der Waals surface area contributed by atoms with Gasteiger partial charge in [0.1, 0.15) is 0 Å². The monoisotopic (exact) mass is 316 g/mol. The van der Waals surface area contributed by atoms with Crippen molar-refractivity contribution in [1.29, 1.82) is 0 Å². The number of pyridine rings is 1. The molecular weight excluding hydrogens is 288 g/mol. The van der Waals surface area contributed by atoms with Crippen molar-refractivity contribution >= 4 is 0 Å². The summed E-state index contributed by atoms with van der Waals surface area (Å²) in [7, 11) is 0. The first-order valence-corrected chi connectivity index (χ1v) is 9.14. The molecule has 0 radical (unpaired) electrons. The molecule has 0 unspecified atom stereocenters. The number of likely N-dealkylation sites (tertiary alicyclic amines) is 1. The average Bonchev–Trinajstić information content (AvgIpc) is 3.36. The predicted molar refractivity (Wildman–Crippen MR) is 89.1 cm³/mol. The summed E-state index contributed by atoms with van der Waals surface area (Å²) in [6.45, 7) is 6.10. The van der Waals surface area contributed by atoms with Gasteiger partial charge >= 0.3 is 0 Å². The summed E-state index contributed by atoms with van der Waals surface area (Å²) in [6.07, 6.45) is 10.2. The minimum absolute atomic E-state index is 0.182. The van der Waals surface area contributed by atoms with Crippen molar-refractivity contribution < 1.29 is 9.47 Å². The van der Waals surface area contributed by atoms with E-state index >= 15 is 0 Å². The van der Waals surface area contributed by atoms with Gasteiger partial charge in [-0.2, -0.15) is 0 Å². The molecule has 3 fully saturated rings. The molecule has 1 spiro atoms. The first-order chi connectivity index (χ1) is 11.3. The summed E-state index contributed by atoms with van der Waals surface area (Å²) < 4.78 is 12.0. The Labute approximate surface area is 139 Å². The van der Waals surface area contributed by atoms with Crippen LogP contribution in [0.1, 0.15) is 37.7 Å². The number of rotatable bonds is 7. The van der Waals surface area contributed by atoms with E-state index in [1.807, 2.05) is 12.3 Å². The van der Waals surface area contributed by atoms with E-state index in [4.69, 9.17) is 9.47 Å². The standard InChI is InChI=1S/C19H28N2O2/c1-2-18(11-20-7-1)13-22-8-5-16-6-9-23-19(10-16)14-21(15-19)12-17-3-4-17/h1-2,7,11,16-17H,3-6,8-10,12-15H2/t16-/m1/s1. The molecule has 1 aromatic rings. The van der Waals surface area contributed by atoms with Crippen molar-refractivity contribution in [2.45, 2.75) is 44.3 Å². The number of aromatic nitrogens is 1. The van der Waals surface area contributed by atoms with Gasteiger partial charge in [-0.15, -0.1) is 0 Å². The Morgan fingerprint density at radius 1 is 1.26 bits per heavy atom. The van der Waals surface area contributed by atoms with E-state index in [9.17, 15) is 0 Å². The molecule has 4 heteroatoms. The molecule has 1 aliphatic carbocycles. The maximum absolute atomic E-state index is 6.15. The lowest BCUT2D eigenvalue weighted by Gasteiger charge is -2.53. The third kappa shape index (κ3) is 4.11. The van der Waals surface area contributed by atoms with E-state index in [1.54, 1.807) is 6.20 Å². The summed E-state index contributed by atoms with van der Waals surface area (Å²) in [4.78, 5) is 6.72. The van der Waals surface area contributed by atoms with Crippen molar-refractivity contribution in [2.75, 3.05) is 32.8 Å². The fourth-order valence-electron chi connectivity index (χ4n) is 4.08. The molecule has 0 aromatic carbocycles. The van der Waals surface area contributed by atoms with E-state index in [0.29, 0.717) is 6.61 Å². The van der Waals surface area contributed by atoms with Crippen molar-refractivity contribution in [3.63, 3.8) is 0 Å². The topological polar surface area (TPSA) is 34.6 Å². The Morgan fingerprint density at radius 3 is 2.96 bits per heavy atom. The molecule has 126 valence electrons. The number of nitrogens with zero attached hydrogens (tertiary/aromatic N) is 2. The van der Waals surface area contributed by atoms with Crippen molar-refractivity contribution in [1.82, 2.24) is 9.88 Å². The van der Waals surface area contributed by atoms with Gasteiger partial charge in [-0.05, 0) is 55.6 Å². The van der Waals surface area contributed by atoms with Crippen LogP contribution in [-0.4, -0.2) is 48.3 Å². The van der Waals surface area contributed by atoms with Crippen molar-refractivity contribution in [3.8, 4) is 0 Å². The lowest BCUT2D eigenvalue weighted by atomic mass is 9.79. The molecule has 0 amide bonds. The van der Waals surface area contributed by atoms with Gasteiger partial charge in [0.2, 0.25) is 0 Å². The molecule has 1 saturated carbocycles. The second-order valence-corrected chi connectivity index (χ2v) is 7.71. The molecule has 3 heterocycles. The molecule has 2 aliphatic heterocycles. The Kier molecular flexibility index (Phi) is 4.65. The highest BCUT2D eigenvalue weighted by atomic mass is 16.5. The summed E-state index contributed by atoms with van der Waals surface area (Å²) in [5.41, 5.74) is 1.34. The quantitative estimate of drug-likeness (QED) is 0.725. The highest BCUT2D eigenvalue weighted by Gasteiger charge is 2.48. The molecule has 0 bridgehead atoms. The number of ether oxygens (including phenoxy) is 2. The maximum atomic E-state index is 6.15. The van der Waals surface area contributed by atoms with Gasteiger partial charge in [0, 0.05) is 45.2 Å². The van der Waals surface area contributed by atoms with Crippen LogP contribution in [-0.2, 0) is 16.1 Å². The van der Waals surface area contributed by atoms with E-state index in [-0.39, 0.29) is 5.60 Å². The van der Waals surface area contributed by atoms with Crippen molar-refractivity contribution in [2.24, 2.45) is 11.8 Å². The van der Waals surface area contributed by atoms with Gasteiger partial charge in [-0.3, -0.25) is 9.88 Å². The van der Waals surface area contributed by atoms with Crippen LogP contribution >= 0.6 is 0 Å². The van der Waals surface area contributed by atoms with E-state index in [1.165, 1.54) is 32.2 Å². The van der Waals surface area contributed by atoms with Crippen LogP contribution in [0.2, 0.25) is 0 Å². The zero-order valence-electron chi connectivity index (χ0n) is 14.0. The molecule has 23 heavy (non-hydrogen) atoms. The summed E-state index contributed by atoms with van der Waals surface area (Å²) in [6, 6.07) is 4.03. The van der Waals surface area contributed by atoms with Gasteiger partial charge < -0.3 is 9.47 Å². The van der Waals surface area contributed by atoms with Gasteiger partial charge in [-0.25, -0.2) is 0 Å². The highest BCUT2D eigenvalue weighted by Crippen LogP contribution is 2.40. The minimum atomic E-state index is 0.182. The second kappa shape index (κ2) is 6.88. The normalized spacial score (nSPS) is 27.0. The third-order valence-electron chi connectivity index (χ3n) is 5.49. The van der Waals surface area contributed by atoms with Crippen LogP contribution in [0.5, 0.6) is 0 Å². The Bertz CT molecular complexity index is 497. The van der Waals surface area contributed by atoms with E-state index < -0.39 is 0 Å². The Hall–Kier alpha value is -0.970. The zero-order chi connectivity index (χ0) is 15.5. The van der Waals surface area contributed by atoms with Crippen molar-refractivity contribution in [3.05, 3.63) is 30.1 Å². The number of hydrogen-bond acceptors (Lipinski definition) is 4. The smallest absolute Gasteiger partial charge is 0.0937 e. The Balaban J connectivity index is 1.15. The van der Waals surface area contributed by atoms with Gasteiger partial charge in [0.25, 0.3) is 0 Å². The van der Waals surface area contributed by atoms with Crippen LogP contribution in [0.4, 0.5) is 0 Å². The molecule has 0 N–H and O–H groups in total. The molecule has 2 saturated heterocycles.